The van der Waals surface area contributed by atoms with E-state index in [0.717, 1.165) is 22.3 Å². The Morgan fingerprint density at radius 1 is 1.35 bits per heavy atom. The van der Waals surface area contributed by atoms with Gasteiger partial charge in [-0.25, -0.2) is 4.98 Å². The predicted molar refractivity (Wildman–Crippen MR) is 79.0 cm³/mol. The van der Waals surface area contributed by atoms with E-state index in [2.05, 4.69) is 17.1 Å². The average molecular weight is 288 g/mol. The van der Waals surface area contributed by atoms with Crippen LogP contribution < -0.4 is 0 Å². The Labute approximate surface area is 123 Å². The van der Waals surface area contributed by atoms with Crippen LogP contribution in [0.25, 0.3) is 11.0 Å². The van der Waals surface area contributed by atoms with Gasteiger partial charge in [0, 0.05) is 24.3 Å². The molecule has 0 spiro atoms. The van der Waals surface area contributed by atoms with Crippen LogP contribution in [0.4, 0.5) is 0 Å². The minimum Gasteiger partial charge on any atom is -0.460 e. The van der Waals surface area contributed by atoms with Gasteiger partial charge in [-0.05, 0) is 37.1 Å². The van der Waals surface area contributed by atoms with Crippen molar-refractivity contribution in [2.45, 2.75) is 20.4 Å². The summed E-state index contributed by atoms with van der Waals surface area (Å²) in [5.74, 6) is 0.867. The lowest BCUT2D eigenvalue weighted by Crippen LogP contribution is -1.97. The molecule has 5 heteroatoms. The highest BCUT2D eigenvalue weighted by Crippen LogP contribution is 2.29. The molecule has 0 aliphatic rings. The van der Waals surface area contributed by atoms with E-state index in [4.69, 9.17) is 4.42 Å². The summed E-state index contributed by atoms with van der Waals surface area (Å²) in [4.78, 5) is 4.02. The van der Waals surface area contributed by atoms with Crippen molar-refractivity contribution in [2.75, 3.05) is 0 Å². The average Bonchev–Trinajstić information content (AvgIpc) is 3.00. The highest BCUT2D eigenvalue weighted by atomic mass is 35.5. The Kier molecular flexibility index (Phi) is 3.82. The van der Waals surface area contributed by atoms with Crippen molar-refractivity contribution in [3.8, 4) is 6.07 Å². The molecule has 2 aromatic heterocycles. The molecule has 0 bridgehead atoms. The minimum atomic E-state index is 0. The first-order valence-corrected chi connectivity index (χ1v) is 6.07. The van der Waals surface area contributed by atoms with E-state index >= 15 is 0 Å². The van der Waals surface area contributed by atoms with Gasteiger partial charge in [0.15, 0.2) is 5.58 Å². The Hall–Kier alpha value is -2.25. The lowest BCUT2D eigenvalue weighted by Gasteiger charge is -2.04. The highest BCUT2D eigenvalue weighted by Gasteiger charge is 2.12. The Morgan fingerprint density at radius 2 is 2.15 bits per heavy atom. The molecule has 4 nitrogen and oxygen atoms in total. The summed E-state index contributed by atoms with van der Waals surface area (Å²) in [6.07, 6.45) is 5.42. The van der Waals surface area contributed by atoms with Gasteiger partial charge in [-0.3, -0.25) is 0 Å². The van der Waals surface area contributed by atoms with Gasteiger partial charge in [0.2, 0.25) is 0 Å². The largest absolute Gasteiger partial charge is 0.460 e. The summed E-state index contributed by atoms with van der Waals surface area (Å²) in [6.45, 7) is 4.64. The summed E-state index contributed by atoms with van der Waals surface area (Å²) in [5.41, 5.74) is 3.45. The van der Waals surface area contributed by atoms with Crippen molar-refractivity contribution in [1.82, 2.24) is 9.55 Å². The number of aromatic nitrogens is 2. The van der Waals surface area contributed by atoms with E-state index in [1.807, 2.05) is 30.7 Å². The van der Waals surface area contributed by atoms with Crippen molar-refractivity contribution in [1.29, 1.82) is 5.26 Å². The van der Waals surface area contributed by atoms with Crippen LogP contribution >= 0.6 is 12.4 Å². The quantitative estimate of drug-likeness (QED) is 0.724. The fourth-order valence-corrected chi connectivity index (χ4v) is 2.26. The van der Waals surface area contributed by atoms with Crippen LogP contribution in [-0.2, 0) is 6.54 Å². The molecule has 20 heavy (non-hydrogen) atoms. The lowest BCUT2D eigenvalue weighted by molar-refractivity contribution is 0.574. The zero-order valence-corrected chi connectivity index (χ0v) is 12.1. The Balaban J connectivity index is 0.00000147. The topological polar surface area (TPSA) is 54.8 Å². The number of furan rings is 1. The Bertz CT molecular complexity index is 782. The minimum absolute atomic E-state index is 0. The first-order chi connectivity index (χ1) is 9.19. The smallest absolute Gasteiger partial charge is 0.152 e. The maximum absolute atomic E-state index is 9.26. The molecule has 0 atom stereocenters. The number of nitrogens with zero attached hydrogens (tertiary/aromatic N) is 3. The molecule has 0 saturated heterocycles. The molecule has 2 heterocycles. The van der Waals surface area contributed by atoms with Gasteiger partial charge >= 0.3 is 0 Å². The van der Waals surface area contributed by atoms with E-state index in [0.29, 0.717) is 17.7 Å². The first kappa shape index (κ1) is 14.2. The fraction of sp³-hybridized carbons (Fsp3) is 0.200. The zero-order valence-electron chi connectivity index (χ0n) is 11.3. The maximum atomic E-state index is 9.26. The van der Waals surface area contributed by atoms with Gasteiger partial charge in [0.1, 0.15) is 11.8 Å². The zero-order chi connectivity index (χ0) is 13.4. The van der Waals surface area contributed by atoms with Crippen molar-refractivity contribution < 1.29 is 4.42 Å². The van der Waals surface area contributed by atoms with Crippen LogP contribution in [0.1, 0.15) is 22.5 Å². The second-order valence-corrected chi connectivity index (χ2v) is 4.65. The van der Waals surface area contributed by atoms with E-state index < -0.39 is 0 Å². The number of rotatable bonds is 2. The standard InChI is InChI=1S/C15H13N3O.ClH/c1-10-11(2)19-15-13(7-16)5-12(6-14(10)15)8-18-4-3-17-9-18;/h3-6,9H,8H2,1-2H3;1H. The molecule has 1 aromatic carbocycles. The van der Waals surface area contributed by atoms with Crippen molar-refractivity contribution in [2.24, 2.45) is 0 Å². The van der Waals surface area contributed by atoms with E-state index in [-0.39, 0.29) is 12.4 Å². The van der Waals surface area contributed by atoms with Gasteiger partial charge in [-0.1, -0.05) is 0 Å². The van der Waals surface area contributed by atoms with Gasteiger partial charge in [-0.15, -0.1) is 12.4 Å². The fourth-order valence-electron chi connectivity index (χ4n) is 2.26. The molecule has 0 radical (unpaired) electrons. The normalized spacial score (nSPS) is 10.2. The summed E-state index contributed by atoms with van der Waals surface area (Å²) in [5, 5.41) is 10.3. The molecule has 3 rings (SSSR count). The summed E-state index contributed by atoms with van der Waals surface area (Å²) < 4.78 is 7.65. The summed E-state index contributed by atoms with van der Waals surface area (Å²) in [6, 6.07) is 6.18. The van der Waals surface area contributed by atoms with E-state index in [1.165, 1.54) is 0 Å². The van der Waals surface area contributed by atoms with Crippen LogP contribution in [-0.4, -0.2) is 9.55 Å². The second-order valence-electron chi connectivity index (χ2n) is 4.65. The molecule has 0 aliphatic carbocycles. The van der Waals surface area contributed by atoms with Crippen molar-refractivity contribution in [3.63, 3.8) is 0 Å². The summed E-state index contributed by atoms with van der Waals surface area (Å²) >= 11 is 0. The molecule has 0 amide bonds. The van der Waals surface area contributed by atoms with Gasteiger partial charge < -0.3 is 8.98 Å². The molecule has 0 saturated carbocycles. The molecule has 0 unspecified atom stereocenters. The SMILES string of the molecule is Cc1oc2c(C#N)cc(Cn3ccnc3)cc2c1C.Cl. The van der Waals surface area contributed by atoms with Crippen LogP contribution in [0.2, 0.25) is 0 Å². The van der Waals surface area contributed by atoms with Gasteiger partial charge in [0.05, 0.1) is 11.9 Å². The third-order valence-corrected chi connectivity index (χ3v) is 3.38. The number of halogens is 1. The van der Waals surface area contributed by atoms with Crippen LogP contribution in [0.15, 0.2) is 35.3 Å². The Morgan fingerprint density at radius 3 is 2.80 bits per heavy atom. The number of hydrogen-bond donors (Lipinski definition) is 0. The van der Waals surface area contributed by atoms with Crippen LogP contribution in [0, 0.1) is 25.2 Å². The third kappa shape index (κ3) is 2.28. The van der Waals surface area contributed by atoms with Gasteiger partial charge in [-0.2, -0.15) is 5.26 Å². The molecule has 0 fully saturated rings. The molecule has 3 aromatic rings. The monoisotopic (exact) mass is 287 g/mol. The van der Waals surface area contributed by atoms with E-state index in [1.54, 1.807) is 12.5 Å². The third-order valence-electron chi connectivity index (χ3n) is 3.38. The molecule has 0 N–H and O–H groups in total. The number of imidazole rings is 1. The second kappa shape index (κ2) is 5.40. The van der Waals surface area contributed by atoms with Crippen LogP contribution in [0.5, 0.6) is 0 Å². The lowest BCUT2D eigenvalue weighted by atomic mass is 10.0. The van der Waals surface area contributed by atoms with Gasteiger partial charge in [0.25, 0.3) is 0 Å². The molecule has 0 aliphatic heterocycles. The summed E-state index contributed by atoms with van der Waals surface area (Å²) in [7, 11) is 0. The number of hydrogen-bond acceptors (Lipinski definition) is 3. The highest BCUT2D eigenvalue weighted by molar-refractivity contribution is 5.87. The van der Waals surface area contributed by atoms with Crippen molar-refractivity contribution >= 4 is 23.4 Å². The molecular weight excluding hydrogens is 274 g/mol. The van der Waals surface area contributed by atoms with Crippen LogP contribution in [0.3, 0.4) is 0 Å². The molecular formula is C15H14ClN3O. The predicted octanol–water partition coefficient (Wildman–Crippen LogP) is 3.59. The molecule has 102 valence electrons. The van der Waals surface area contributed by atoms with E-state index in [9.17, 15) is 5.26 Å². The number of fused-ring (bicyclic) bond motifs is 1. The number of aryl methyl sites for hydroxylation is 2. The maximum Gasteiger partial charge on any atom is 0.152 e. The van der Waals surface area contributed by atoms with Crippen molar-refractivity contribution in [3.05, 3.63) is 53.3 Å². The number of benzene rings is 1. The first-order valence-electron chi connectivity index (χ1n) is 6.07. The number of nitriles is 1.